The van der Waals surface area contributed by atoms with Crippen molar-refractivity contribution in [2.24, 2.45) is 0 Å². The Balaban J connectivity index is -0.00000000500. The largest absolute Gasteiger partial charge is 0.412 e. The normalized spacial score (nSPS) is 1.00. The second-order valence-corrected chi connectivity index (χ2v) is 0. The Morgan fingerprint density at radius 1 is 1.25 bits per heavy atom. The first-order chi connectivity index (χ1) is 1.00. The van der Waals surface area contributed by atoms with E-state index in [1.165, 1.54) is 0 Å². The second kappa shape index (κ2) is 257. The zero-order chi connectivity index (χ0) is 2.00. The van der Waals surface area contributed by atoms with Gasteiger partial charge in [0.25, 0.3) is 6.79 Å². The van der Waals surface area contributed by atoms with Gasteiger partial charge < -0.3 is 5.48 Å². The fourth-order valence-corrected chi connectivity index (χ4v) is 0. The summed E-state index contributed by atoms with van der Waals surface area (Å²) in [6.45, 7) is 4.50. The van der Waals surface area contributed by atoms with E-state index < -0.39 is 0 Å². The van der Waals surface area contributed by atoms with Gasteiger partial charge in [-0.15, -0.1) is 0 Å². The van der Waals surface area contributed by atoms with Gasteiger partial charge in [-0.05, 0) is 0 Å². The molecule has 0 aliphatic heterocycles. The van der Waals surface area contributed by atoms with Crippen molar-refractivity contribution in [3.8, 4) is 0 Å². The minimum Gasteiger partial charge on any atom is -0.412 e. The van der Waals surface area contributed by atoms with Crippen LogP contribution in [0.1, 0.15) is 0 Å². The van der Waals surface area contributed by atoms with Crippen molar-refractivity contribution in [2.75, 3.05) is 0 Å². The van der Waals surface area contributed by atoms with E-state index in [1.807, 2.05) is 0 Å². The van der Waals surface area contributed by atoms with Crippen molar-refractivity contribution in [1.29, 1.82) is 0 Å². The summed E-state index contributed by atoms with van der Waals surface area (Å²) in [6, 6.07) is 0. The van der Waals surface area contributed by atoms with E-state index in [0.717, 1.165) is 0 Å². The van der Waals surface area contributed by atoms with Crippen LogP contribution in [-0.4, -0.2) is 12.3 Å². The summed E-state index contributed by atoms with van der Waals surface area (Å²) in [6.07, 6.45) is 0. The first-order valence-corrected chi connectivity index (χ1v) is 0.204. The first-order valence-electron chi connectivity index (χ1n) is 0.204. The predicted molar refractivity (Wildman–Crippen MR) is 9.31 cm³/mol. The van der Waals surface area contributed by atoms with Crippen molar-refractivity contribution in [3.63, 3.8) is 0 Å². The quantitative estimate of drug-likeness (QED) is 0.398. The number of rotatable bonds is 0. The summed E-state index contributed by atoms with van der Waals surface area (Å²) in [4.78, 5) is 7.50. The van der Waals surface area contributed by atoms with E-state index in [2.05, 4.69) is 6.79 Å². The van der Waals surface area contributed by atoms with Crippen LogP contribution >= 0.6 is 0 Å². The Kier molecular flexibility index (Phi) is 1840. The maximum Gasteiger partial charge on any atom is 0.281 e. The van der Waals surface area contributed by atoms with Crippen LogP contribution in [0, 0.1) is 0 Å². The van der Waals surface area contributed by atoms with Gasteiger partial charge in [-0.2, -0.15) is 0 Å². The summed E-state index contributed by atoms with van der Waals surface area (Å²) in [7, 11) is 0. The van der Waals surface area contributed by atoms with E-state index in [-0.39, 0.29) is 25.0 Å². The van der Waals surface area contributed by atoms with Crippen LogP contribution in [-0.2, 0) is 24.3 Å². The summed E-state index contributed by atoms with van der Waals surface area (Å²) in [5, 5.41) is 0. The molecule has 0 fully saturated rings. The standard InChI is InChI=1S/CO.H2O.Rh/c1-2;;/h;1H2;. The van der Waals surface area contributed by atoms with Crippen molar-refractivity contribution in [2.45, 2.75) is 0 Å². The van der Waals surface area contributed by atoms with Crippen molar-refractivity contribution < 1.29 is 29.7 Å². The number of hydrogen-bond acceptors (Lipinski definition) is 1. The number of carbonyl (C=O) groups excluding carboxylic acids is 1. The van der Waals surface area contributed by atoms with Crippen LogP contribution in [0.4, 0.5) is 0 Å². The van der Waals surface area contributed by atoms with Crippen LogP contribution in [0.2, 0.25) is 0 Å². The van der Waals surface area contributed by atoms with E-state index in [1.54, 1.807) is 0 Å². The predicted octanol–water partition coefficient (Wildman–Crippen LogP) is -1.22. The summed E-state index contributed by atoms with van der Waals surface area (Å²) < 4.78 is 0. The molecule has 0 saturated carbocycles. The fraction of sp³-hybridized carbons (Fsp3) is 0. The average Bonchev–Trinajstić information content (AvgIpc) is 1.00. The van der Waals surface area contributed by atoms with Crippen LogP contribution in [0.15, 0.2) is 0 Å². The molecule has 0 saturated heterocycles. The molecule has 2 nitrogen and oxygen atoms in total. The Labute approximate surface area is 37.3 Å². The van der Waals surface area contributed by atoms with E-state index >= 15 is 0 Å². The molecule has 0 rings (SSSR count). The van der Waals surface area contributed by atoms with Crippen molar-refractivity contribution >= 4 is 6.79 Å². The molecule has 2 N–H and O–H groups in total. The molecular formula is CH2O2Rh. The zero-order valence-corrected chi connectivity index (χ0v) is 3.38. The Bertz CT molecular complexity index is 6.00. The molecule has 3 radical (unpaired) electrons. The summed E-state index contributed by atoms with van der Waals surface area (Å²) >= 11 is 0. The first kappa shape index (κ1) is 28.7. The molecular weight excluding hydrogens is 147 g/mol. The number of hydrogen-bond donors (Lipinski definition) is 0. The van der Waals surface area contributed by atoms with Gasteiger partial charge in [0, 0.05) is 19.5 Å². The molecule has 3 heteroatoms. The van der Waals surface area contributed by atoms with E-state index in [0.29, 0.717) is 0 Å². The smallest absolute Gasteiger partial charge is 0.281 e. The van der Waals surface area contributed by atoms with Gasteiger partial charge in [-0.25, -0.2) is 0 Å². The van der Waals surface area contributed by atoms with Crippen molar-refractivity contribution in [1.82, 2.24) is 0 Å². The second-order valence-electron chi connectivity index (χ2n) is 0. The van der Waals surface area contributed by atoms with Gasteiger partial charge >= 0.3 is 0 Å². The Morgan fingerprint density at radius 3 is 1.25 bits per heavy atom. The molecule has 0 unspecified atom stereocenters. The third kappa shape index (κ3) is 55.1. The molecule has 0 atom stereocenters. The van der Waals surface area contributed by atoms with Gasteiger partial charge in [0.15, 0.2) is 0 Å². The molecule has 0 aromatic heterocycles. The molecule has 0 amide bonds. The Morgan fingerprint density at radius 2 is 1.25 bits per heavy atom. The SMILES string of the molecule is O.[C]=O.[Rh]. The summed E-state index contributed by atoms with van der Waals surface area (Å²) in [5.74, 6) is 0. The molecule has 0 aromatic rings. The van der Waals surface area contributed by atoms with Gasteiger partial charge in [0.2, 0.25) is 0 Å². The van der Waals surface area contributed by atoms with E-state index in [9.17, 15) is 0 Å². The fourth-order valence-electron chi connectivity index (χ4n) is 0. The maximum atomic E-state index is 7.50. The topological polar surface area (TPSA) is 48.6 Å². The monoisotopic (exact) mass is 149 g/mol. The van der Waals surface area contributed by atoms with Gasteiger partial charge in [-0.1, -0.05) is 0 Å². The van der Waals surface area contributed by atoms with Crippen LogP contribution in [0.5, 0.6) is 0 Å². The summed E-state index contributed by atoms with van der Waals surface area (Å²) in [5.41, 5.74) is 0. The third-order valence-corrected chi connectivity index (χ3v) is 0. The minimum atomic E-state index is 0. The van der Waals surface area contributed by atoms with Crippen LogP contribution in [0.25, 0.3) is 0 Å². The van der Waals surface area contributed by atoms with Crippen LogP contribution < -0.4 is 0 Å². The maximum absolute atomic E-state index is 7.50. The van der Waals surface area contributed by atoms with Gasteiger partial charge in [-0.3, -0.25) is 4.79 Å². The molecule has 0 aliphatic rings. The molecule has 0 bridgehead atoms. The van der Waals surface area contributed by atoms with Gasteiger partial charge in [0.1, 0.15) is 0 Å². The Hall–Kier alpha value is 0.253. The average molecular weight is 149 g/mol. The molecule has 0 aromatic carbocycles. The minimum absolute atomic E-state index is 0. The molecule has 0 aliphatic carbocycles. The third-order valence-electron chi connectivity index (χ3n) is 0. The van der Waals surface area contributed by atoms with Gasteiger partial charge in [0.05, 0.1) is 0 Å². The van der Waals surface area contributed by atoms with Crippen molar-refractivity contribution in [3.05, 3.63) is 0 Å². The molecule has 4 heavy (non-hydrogen) atoms. The molecule has 0 spiro atoms. The zero-order valence-electron chi connectivity index (χ0n) is 1.74. The molecule has 27 valence electrons. The van der Waals surface area contributed by atoms with Crippen LogP contribution in [0.3, 0.4) is 0 Å². The molecule has 0 heterocycles. The van der Waals surface area contributed by atoms with E-state index in [4.69, 9.17) is 4.79 Å².